The van der Waals surface area contributed by atoms with Crippen molar-refractivity contribution in [1.82, 2.24) is 0 Å². The van der Waals surface area contributed by atoms with Gasteiger partial charge in [-0.3, -0.25) is 0 Å². The maximum absolute atomic E-state index is 12.0. The summed E-state index contributed by atoms with van der Waals surface area (Å²) in [6.45, 7) is 7.76. The molecule has 1 aliphatic heterocycles. The van der Waals surface area contributed by atoms with Crippen LogP contribution in [-0.2, 0) is 9.47 Å². The molecule has 1 saturated heterocycles. The highest BCUT2D eigenvalue weighted by atomic mass is 16.7. The zero-order chi connectivity index (χ0) is 20.7. The van der Waals surface area contributed by atoms with Gasteiger partial charge < -0.3 is 24.8 Å². The van der Waals surface area contributed by atoms with Crippen LogP contribution in [-0.4, -0.2) is 52.6 Å². The molecule has 3 N–H and O–H groups in total. The predicted octanol–water partition coefficient (Wildman–Crippen LogP) is 3.17. The number of aliphatic hydroxyl groups excluding tert-OH is 2. The molecule has 0 radical (unpaired) electrons. The maximum Gasteiger partial charge on any atom is 0.171 e. The van der Waals surface area contributed by atoms with Crippen LogP contribution in [0, 0.1) is 28.1 Å². The molecule has 4 fully saturated rings. The van der Waals surface area contributed by atoms with Crippen molar-refractivity contribution >= 4 is 0 Å². The summed E-state index contributed by atoms with van der Waals surface area (Å²) in [6, 6.07) is 0. The Morgan fingerprint density at radius 3 is 2.45 bits per heavy atom. The highest BCUT2D eigenvalue weighted by Gasteiger charge is 2.66. The first-order chi connectivity index (χ1) is 13.6. The van der Waals surface area contributed by atoms with Gasteiger partial charge in [-0.2, -0.15) is 0 Å². The van der Waals surface area contributed by atoms with Gasteiger partial charge in [0.15, 0.2) is 5.79 Å². The summed E-state index contributed by atoms with van der Waals surface area (Å²) in [5.41, 5.74) is -0.408. The first kappa shape index (κ1) is 20.4. The van der Waals surface area contributed by atoms with Crippen LogP contribution >= 0.6 is 0 Å². The monoisotopic (exact) mass is 406 g/mol. The highest BCUT2D eigenvalue weighted by Crippen LogP contribution is 2.66. The van der Waals surface area contributed by atoms with E-state index in [1.807, 2.05) is 0 Å². The molecule has 0 bridgehead atoms. The Morgan fingerprint density at radius 2 is 1.76 bits per heavy atom. The minimum Gasteiger partial charge on any atom is -0.395 e. The molecular weight excluding hydrogens is 368 g/mol. The maximum atomic E-state index is 12.0. The van der Waals surface area contributed by atoms with Gasteiger partial charge in [0, 0.05) is 29.1 Å². The molecule has 0 aromatic carbocycles. The quantitative estimate of drug-likeness (QED) is 0.583. The molecule has 3 saturated carbocycles. The van der Waals surface area contributed by atoms with Crippen LogP contribution < -0.4 is 0 Å². The molecule has 164 valence electrons. The molecule has 5 nitrogen and oxygen atoms in total. The highest BCUT2D eigenvalue weighted by molar-refractivity contribution is 5.34. The molecule has 0 aromatic rings. The third kappa shape index (κ3) is 2.70. The summed E-state index contributed by atoms with van der Waals surface area (Å²) in [4.78, 5) is 0. The Kier molecular flexibility index (Phi) is 4.43. The van der Waals surface area contributed by atoms with Gasteiger partial charge in [0.25, 0.3) is 0 Å². The third-order valence-corrected chi connectivity index (χ3v) is 9.53. The van der Waals surface area contributed by atoms with E-state index in [2.05, 4.69) is 26.8 Å². The number of hydrogen-bond acceptors (Lipinski definition) is 5. The van der Waals surface area contributed by atoms with Gasteiger partial charge >= 0.3 is 0 Å². The van der Waals surface area contributed by atoms with Gasteiger partial charge in [-0.25, -0.2) is 0 Å². The molecular formula is C24H38O5. The summed E-state index contributed by atoms with van der Waals surface area (Å²) in [5.74, 6) is 0.0899. The zero-order valence-electron chi connectivity index (χ0n) is 18.2. The van der Waals surface area contributed by atoms with Crippen molar-refractivity contribution in [3.05, 3.63) is 11.6 Å². The van der Waals surface area contributed by atoms with Crippen molar-refractivity contribution in [2.45, 2.75) is 89.6 Å². The number of rotatable bonds is 1. The summed E-state index contributed by atoms with van der Waals surface area (Å²) in [7, 11) is 0. The number of hydrogen-bond donors (Lipinski definition) is 3. The summed E-state index contributed by atoms with van der Waals surface area (Å²) in [5, 5.41) is 33.3. The van der Waals surface area contributed by atoms with Crippen LogP contribution in [0.15, 0.2) is 11.6 Å². The Balaban J connectivity index is 1.47. The van der Waals surface area contributed by atoms with Crippen LogP contribution in [0.25, 0.3) is 0 Å². The van der Waals surface area contributed by atoms with Crippen LogP contribution in [0.5, 0.6) is 0 Å². The lowest BCUT2D eigenvalue weighted by Crippen LogP contribution is -2.66. The summed E-state index contributed by atoms with van der Waals surface area (Å²) >= 11 is 0. The molecule has 6 atom stereocenters. The molecule has 1 spiro atoms. The second-order valence-electron chi connectivity index (χ2n) is 11.8. The lowest BCUT2D eigenvalue weighted by molar-refractivity contribution is -0.345. The van der Waals surface area contributed by atoms with Gasteiger partial charge in [0.2, 0.25) is 0 Å². The van der Waals surface area contributed by atoms with E-state index in [1.165, 1.54) is 5.57 Å². The van der Waals surface area contributed by atoms with Crippen molar-refractivity contribution in [3.8, 4) is 0 Å². The van der Waals surface area contributed by atoms with E-state index in [0.717, 1.165) is 25.7 Å². The SMILES string of the molecule is CC1(C)COC2(CC[C@]3(CO)C4=CC[C@@]5(C)[C@@H](O)CC[C@H]5[C@@H]4CC[C@@]3(O)C2)OC1. The van der Waals surface area contributed by atoms with E-state index in [-0.39, 0.29) is 23.5 Å². The standard InChI is InChI=1S/C24H38O5/c1-20(2)14-28-24(29-15-20)11-10-22(13-25)18-7-8-21(3)17(4-5-19(21)26)16(18)6-9-23(22,27)12-24/h7,16-17,19,25-27H,4-6,8-15H2,1-3H3/t16-,17-,19-,21+,22-,23+/m0/s1. The molecule has 1 heterocycles. The van der Waals surface area contributed by atoms with Gasteiger partial charge in [-0.1, -0.05) is 32.4 Å². The van der Waals surface area contributed by atoms with E-state index in [4.69, 9.17) is 9.47 Å². The largest absolute Gasteiger partial charge is 0.395 e. The van der Waals surface area contributed by atoms with Gasteiger partial charge in [0.1, 0.15) is 0 Å². The lowest BCUT2D eigenvalue weighted by Gasteiger charge is -2.63. The minimum absolute atomic E-state index is 0.00327. The first-order valence-corrected chi connectivity index (χ1v) is 11.6. The second kappa shape index (κ2) is 6.29. The second-order valence-corrected chi connectivity index (χ2v) is 11.8. The smallest absolute Gasteiger partial charge is 0.171 e. The van der Waals surface area contributed by atoms with Crippen LogP contribution in [0.4, 0.5) is 0 Å². The first-order valence-electron chi connectivity index (χ1n) is 11.6. The van der Waals surface area contributed by atoms with E-state index >= 15 is 0 Å². The van der Waals surface area contributed by atoms with E-state index in [9.17, 15) is 15.3 Å². The van der Waals surface area contributed by atoms with Gasteiger partial charge in [0.05, 0.1) is 31.5 Å². The summed E-state index contributed by atoms with van der Waals surface area (Å²) in [6.07, 6.45) is 8.21. The fourth-order valence-corrected chi connectivity index (χ4v) is 7.57. The van der Waals surface area contributed by atoms with Crippen molar-refractivity contribution in [3.63, 3.8) is 0 Å². The Hall–Kier alpha value is -0.460. The van der Waals surface area contributed by atoms with Crippen molar-refractivity contribution in [2.75, 3.05) is 19.8 Å². The zero-order valence-corrected chi connectivity index (χ0v) is 18.2. The average Bonchev–Trinajstić information content (AvgIpc) is 2.99. The Labute approximate surface area is 174 Å². The van der Waals surface area contributed by atoms with Crippen molar-refractivity contribution in [2.24, 2.45) is 28.1 Å². The Bertz CT molecular complexity index is 706. The van der Waals surface area contributed by atoms with Gasteiger partial charge in [-0.05, 0) is 50.4 Å². The molecule has 29 heavy (non-hydrogen) atoms. The number of allylic oxidation sites excluding steroid dienone is 1. The molecule has 0 amide bonds. The average molecular weight is 407 g/mol. The minimum atomic E-state index is -1.01. The normalized spacial score (nSPS) is 50.4. The number of ether oxygens (including phenoxy) is 2. The van der Waals surface area contributed by atoms with E-state index in [0.29, 0.717) is 50.7 Å². The third-order valence-electron chi connectivity index (χ3n) is 9.53. The molecule has 4 aliphatic carbocycles. The fraction of sp³-hybridized carbons (Fsp3) is 0.917. The number of fused-ring (bicyclic) bond motifs is 5. The van der Waals surface area contributed by atoms with Crippen molar-refractivity contribution in [1.29, 1.82) is 0 Å². The topological polar surface area (TPSA) is 79.2 Å². The van der Waals surface area contributed by atoms with E-state index in [1.54, 1.807) is 0 Å². The molecule has 5 rings (SSSR count). The Morgan fingerprint density at radius 1 is 1.03 bits per heavy atom. The predicted molar refractivity (Wildman–Crippen MR) is 109 cm³/mol. The fourth-order valence-electron chi connectivity index (χ4n) is 7.57. The summed E-state index contributed by atoms with van der Waals surface area (Å²) < 4.78 is 12.5. The van der Waals surface area contributed by atoms with E-state index < -0.39 is 16.8 Å². The molecule has 5 heteroatoms. The number of aliphatic hydroxyl groups is 3. The molecule has 0 unspecified atom stereocenters. The molecule has 5 aliphatic rings. The van der Waals surface area contributed by atoms with Crippen LogP contribution in [0.3, 0.4) is 0 Å². The van der Waals surface area contributed by atoms with Crippen LogP contribution in [0.1, 0.15) is 72.1 Å². The molecule has 0 aromatic heterocycles. The van der Waals surface area contributed by atoms with Crippen LogP contribution in [0.2, 0.25) is 0 Å². The lowest BCUT2D eigenvalue weighted by atomic mass is 9.46. The van der Waals surface area contributed by atoms with Gasteiger partial charge in [-0.15, -0.1) is 0 Å². The van der Waals surface area contributed by atoms with Crippen molar-refractivity contribution < 1.29 is 24.8 Å².